The Morgan fingerprint density at radius 1 is 1.50 bits per heavy atom. The number of aromatic nitrogens is 4. The fraction of sp³-hybridized carbons (Fsp3) is 0.222. The first kappa shape index (κ1) is 11.8. The normalized spacial score (nSPS) is 10.5. The van der Waals surface area contributed by atoms with E-state index < -0.39 is 5.97 Å². The number of carboxylic acids is 1. The molecule has 9 heteroatoms. The van der Waals surface area contributed by atoms with Crippen LogP contribution in [0.25, 0.3) is 11.2 Å². The Labute approximate surface area is 101 Å². The maximum Gasteiger partial charge on any atom is 0.323 e. The molecule has 18 heavy (non-hydrogen) atoms. The van der Waals surface area contributed by atoms with Crippen molar-refractivity contribution in [2.75, 3.05) is 11.1 Å². The number of hydrogen-bond acceptors (Lipinski definition) is 6. The van der Waals surface area contributed by atoms with Crippen LogP contribution < -0.4 is 11.1 Å². The molecule has 0 aliphatic rings. The minimum atomic E-state index is -1.03. The smallest absolute Gasteiger partial charge is 0.323 e. The van der Waals surface area contributed by atoms with Crippen LogP contribution in [0.1, 0.15) is 6.92 Å². The van der Waals surface area contributed by atoms with Crippen molar-refractivity contribution < 1.29 is 14.7 Å². The zero-order valence-electron chi connectivity index (χ0n) is 9.41. The van der Waals surface area contributed by atoms with Crippen LogP contribution in [0, 0.1) is 0 Å². The van der Waals surface area contributed by atoms with Crippen molar-refractivity contribution in [3.63, 3.8) is 0 Å². The minimum absolute atomic E-state index is 0.0709. The zero-order valence-corrected chi connectivity index (χ0v) is 9.41. The highest BCUT2D eigenvalue weighted by Crippen LogP contribution is 2.19. The number of rotatable bonds is 3. The molecule has 9 nitrogen and oxygen atoms in total. The summed E-state index contributed by atoms with van der Waals surface area (Å²) in [6, 6.07) is 0. The summed E-state index contributed by atoms with van der Waals surface area (Å²) >= 11 is 0. The monoisotopic (exact) mass is 250 g/mol. The van der Waals surface area contributed by atoms with Crippen molar-refractivity contribution in [2.24, 2.45) is 0 Å². The molecule has 0 aliphatic carbocycles. The van der Waals surface area contributed by atoms with Crippen LogP contribution in [0.5, 0.6) is 0 Å². The third-order valence-corrected chi connectivity index (χ3v) is 2.08. The highest BCUT2D eigenvalue weighted by Gasteiger charge is 2.14. The maximum absolute atomic E-state index is 11.0. The molecular weight excluding hydrogens is 240 g/mol. The number of imidazole rings is 1. The molecule has 2 heterocycles. The highest BCUT2D eigenvalue weighted by molar-refractivity contribution is 5.96. The van der Waals surface area contributed by atoms with E-state index >= 15 is 0 Å². The number of carbonyl (C=O) groups excluding carboxylic acids is 1. The first-order valence-corrected chi connectivity index (χ1v) is 4.95. The van der Waals surface area contributed by atoms with E-state index in [1.807, 2.05) is 0 Å². The molecule has 0 bridgehead atoms. The lowest BCUT2D eigenvalue weighted by Gasteiger charge is -2.04. The molecule has 0 aliphatic heterocycles. The summed E-state index contributed by atoms with van der Waals surface area (Å²) in [7, 11) is 0. The van der Waals surface area contributed by atoms with Gasteiger partial charge in [0.25, 0.3) is 0 Å². The second kappa shape index (κ2) is 4.28. The fourth-order valence-corrected chi connectivity index (χ4v) is 1.48. The Hall–Kier alpha value is -2.71. The lowest BCUT2D eigenvalue weighted by Crippen LogP contribution is -2.12. The Kier molecular flexibility index (Phi) is 2.80. The fourth-order valence-electron chi connectivity index (χ4n) is 1.48. The molecule has 0 atom stereocenters. The minimum Gasteiger partial charge on any atom is -0.480 e. The van der Waals surface area contributed by atoms with Crippen LogP contribution in [0.3, 0.4) is 0 Å². The molecule has 0 unspecified atom stereocenters. The third-order valence-electron chi connectivity index (χ3n) is 2.08. The molecule has 0 fully saturated rings. The van der Waals surface area contributed by atoms with Gasteiger partial charge in [-0.3, -0.25) is 9.59 Å². The lowest BCUT2D eigenvalue weighted by atomic mass is 10.4. The van der Waals surface area contributed by atoms with Gasteiger partial charge in [-0.05, 0) is 0 Å². The standard InChI is InChI=1S/C9H10N6O3/c1-4(16)12-7-6-8(14-9(10)13-7)15(3-11-6)2-5(17)18/h3H,2H2,1H3,(H,17,18)(H3,10,12,13,14,16). The molecule has 0 saturated carbocycles. The van der Waals surface area contributed by atoms with E-state index in [-0.39, 0.29) is 29.9 Å². The number of aliphatic carboxylic acids is 1. The molecular formula is C9H10N6O3. The second-order valence-corrected chi connectivity index (χ2v) is 3.55. The molecule has 2 aromatic heterocycles. The Morgan fingerprint density at radius 2 is 2.22 bits per heavy atom. The first-order valence-electron chi connectivity index (χ1n) is 4.95. The molecule has 0 radical (unpaired) electrons. The molecule has 0 saturated heterocycles. The van der Waals surface area contributed by atoms with Crippen molar-refractivity contribution in [3.8, 4) is 0 Å². The number of nitrogens with one attached hydrogen (secondary N) is 1. The summed E-state index contributed by atoms with van der Waals surface area (Å²) in [5, 5.41) is 11.2. The number of fused-ring (bicyclic) bond motifs is 1. The molecule has 2 aromatic rings. The van der Waals surface area contributed by atoms with E-state index in [2.05, 4.69) is 20.3 Å². The van der Waals surface area contributed by atoms with E-state index in [4.69, 9.17) is 10.8 Å². The van der Waals surface area contributed by atoms with Crippen molar-refractivity contribution in [1.29, 1.82) is 0 Å². The van der Waals surface area contributed by atoms with Crippen LogP contribution in [-0.4, -0.2) is 36.5 Å². The number of anilines is 2. The number of carbonyl (C=O) groups is 2. The lowest BCUT2D eigenvalue weighted by molar-refractivity contribution is -0.137. The van der Waals surface area contributed by atoms with E-state index in [1.54, 1.807) is 0 Å². The Morgan fingerprint density at radius 3 is 2.83 bits per heavy atom. The van der Waals surface area contributed by atoms with E-state index in [9.17, 15) is 9.59 Å². The number of carboxylic acid groups (broad SMARTS) is 1. The van der Waals surface area contributed by atoms with Gasteiger partial charge in [-0.25, -0.2) is 4.98 Å². The van der Waals surface area contributed by atoms with Crippen LogP contribution in [0.15, 0.2) is 6.33 Å². The predicted octanol–water partition coefficient (Wildman–Crippen LogP) is -0.549. The molecule has 2 rings (SSSR count). The zero-order chi connectivity index (χ0) is 13.3. The number of hydrogen-bond donors (Lipinski definition) is 3. The number of nitrogens with zero attached hydrogens (tertiary/aromatic N) is 4. The molecule has 0 spiro atoms. The van der Waals surface area contributed by atoms with Crippen LogP contribution in [0.2, 0.25) is 0 Å². The van der Waals surface area contributed by atoms with Gasteiger partial charge in [0.2, 0.25) is 11.9 Å². The van der Waals surface area contributed by atoms with Gasteiger partial charge >= 0.3 is 5.97 Å². The Balaban J connectivity index is 2.57. The van der Waals surface area contributed by atoms with E-state index in [1.165, 1.54) is 17.8 Å². The molecule has 1 amide bonds. The van der Waals surface area contributed by atoms with Crippen molar-refractivity contribution in [1.82, 2.24) is 19.5 Å². The van der Waals surface area contributed by atoms with E-state index in [0.29, 0.717) is 5.52 Å². The summed E-state index contributed by atoms with van der Waals surface area (Å²) in [6.45, 7) is 1.02. The largest absolute Gasteiger partial charge is 0.480 e. The van der Waals surface area contributed by atoms with Crippen molar-refractivity contribution in [3.05, 3.63) is 6.33 Å². The van der Waals surface area contributed by atoms with Crippen LogP contribution in [-0.2, 0) is 16.1 Å². The summed E-state index contributed by atoms with van der Waals surface area (Å²) < 4.78 is 1.31. The summed E-state index contributed by atoms with van der Waals surface area (Å²) in [6.07, 6.45) is 1.30. The maximum atomic E-state index is 11.0. The van der Waals surface area contributed by atoms with Gasteiger partial charge < -0.3 is 20.7 Å². The Bertz CT molecular complexity index is 635. The molecule has 94 valence electrons. The average molecular weight is 250 g/mol. The topological polar surface area (TPSA) is 136 Å². The number of nitrogen functional groups attached to an aromatic ring is 1. The van der Waals surface area contributed by atoms with Gasteiger partial charge in [0.05, 0.1) is 6.33 Å². The van der Waals surface area contributed by atoms with Crippen molar-refractivity contribution >= 4 is 34.8 Å². The van der Waals surface area contributed by atoms with Gasteiger partial charge in [0.15, 0.2) is 17.0 Å². The average Bonchev–Trinajstić information content (AvgIpc) is 2.60. The summed E-state index contributed by atoms with van der Waals surface area (Å²) in [5.74, 6) is -1.28. The third kappa shape index (κ3) is 2.19. The first-order chi connectivity index (χ1) is 8.47. The van der Waals surface area contributed by atoms with Gasteiger partial charge in [-0.2, -0.15) is 9.97 Å². The molecule has 0 aromatic carbocycles. The SMILES string of the molecule is CC(=O)Nc1nc(N)nc2c1ncn2CC(=O)O. The quantitative estimate of drug-likeness (QED) is 0.664. The summed E-state index contributed by atoms with van der Waals surface area (Å²) in [5.41, 5.74) is 6.05. The van der Waals surface area contributed by atoms with Gasteiger partial charge in [-0.15, -0.1) is 0 Å². The second-order valence-electron chi connectivity index (χ2n) is 3.55. The predicted molar refractivity (Wildman–Crippen MR) is 61.7 cm³/mol. The molecule has 4 N–H and O–H groups in total. The van der Waals surface area contributed by atoms with Crippen LogP contribution >= 0.6 is 0 Å². The summed E-state index contributed by atoms with van der Waals surface area (Å²) in [4.78, 5) is 33.4. The van der Waals surface area contributed by atoms with Gasteiger partial charge in [0.1, 0.15) is 6.54 Å². The van der Waals surface area contributed by atoms with Gasteiger partial charge in [-0.1, -0.05) is 0 Å². The number of amides is 1. The number of nitrogens with two attached hydrogens (primary N) is 1. The van der Waals surface area contributed by atoms with Crippen LogP contribution in [0.4, 0.5) is 11.8 Å². The van der Waals surface area contributed by atoms with Crippen molar-refractivity contribution in [2.45, 2.75) is 13.5 Å². The van der Waals surface area contributed by atoms with E-state index in [0.717, 1.165) is 0 Å². The highest BCUT2D eigenvalue weighted by atomic mass is 16.4. The van der Waals surface area contributed by atoms with Gasteiger partial charge in [0, 0.05) is 6.92 Å².